The maximum absolute atomic E-state index is 11.0. The summed E-state index contributed by atoms with van der Waals surface area (Å²) in [7, 11) is 1.58. The Balaban J connectivity index is 2.05. The minimum atomic E-state index is -0.296. The Kier molecular flexibility index (Phi) is 7.89. The van der Waals surface area contributed by atoms with Gasteiger partial charge in [0.2, 0.25) is 0 Å². The zero-order valence-electron chi connectivity index (χ0n) is 11.8. The number of carbonyl (C=O) groups excluding carboxylic acids is 1. The highest BCUT2D eigenvalue weighted by Gasteiger charge is 2.13. The van der Waals surface area contributed by atoms with Crippen LogP contribution in [0.25, 0.3) is 0 Å². The molecule has 0 fully saturated rings. The summed E-state index contributed by atoms with van der Waals surface area (Å²) < 4.78 is 10.0. The van der Waals surface area contributed by atoms with E-state index in [1.807, 2.05) is 0 Å². The number of hydrogen-bond donors (Lipinski definition) is 0. The van der Waals surface area contributed by atoms with E-state index >= 15 is 0 Å². The second kappa shape index (κ2) is 9.55. The Hall–Kier alpha value is -1.36. The van der Waals surface area contributed by atoms with Crippen molar-refractivity contribution in [1.82, 2.24) is 0 Å². The van der Waals surface area contributed by atoms with E-state index in [-0.39, 0.29) is 12.6 Å². The molecule has 1 aliphatic carbocycles. The maximum Gasteiger partial charge on any atom is 0.332 e. The molecule has 0 aliphatic heterocycles. The van der Waals surface area contributed by atoms with E-state index in [9.17, 15) is 4.79 Å². The van der Waals surface area contributed by atoms with E-state index in [0.29, 0.717) is 13.2 Å². The topological polar surface area (TPSA) is 57.1 Å². The van der Waals surface area contributed by atoms with Crippen LogP contribution in [0.1, 0.15) is 39.0 Å². The van der Waals surface area contributed by atoms with Crippen LogP contribution in [-0.2, 0) is 19.1 Å². The van der Waals surface area contributed by atoms with E-state index in [1.165, 1.54) is 5.57 Å². The molecule has 0 atom stereocenters. The van der Waals surface area contributed by atoms with Crippen LogP contribution in [0.5, 0.6) is 0 Å². The molecule has 108 valence electrons. The average Bonchev–Trinajstić information content (AvgIpc) is 2.82. The molecule has 19 heavy (non-hydrogen) atoms. The molecule has 0 heterocycles. The second-order valence-corrected chi connectivity index (χ2v) is 4.30. The van der Waals surface area contributed by atoms with Crippen LogP contribution in [0.2, 0.25) is 0 Å². The third-order valence-corrected chi connectivity index (χ3v) is 2.85. The van der Waals surface area contributed by atoms with E-state index < -0.39 is 0 Å². The molecule has 1 rings (SSSR count). The minimum Gasteiger partial charge on any atom is -0.464 e. The average molecular weight is 269 g/mol. The fraction of sp³-hybridized carbons (Fsp3) is 0.714. The summed E-state index contributed by atoms with van der Waals surface area (Å²) in [6.07, 6.45) is 7.19. The van der Waals surface area contributed by atoms with Crippen LogP contribution in [-0.4, -0.2) is 38.6 Å². The standard InChI is InChI=1S/C14H23NO4/c1-3-19-14(16)11-18-10-5-4-7-12-8-6-9-13(12)15-17-2/h8H,3-7,9-11H2,1-2H3. The third kappa shape index (κ3) is 6.38. The van der Waals surface area contributed by atoms with Crippen LogP contribution < -0.4 is 0 Å². The van der Waals surface area contributed by atoms with Gasteiger partial charge in [-0.15, -0.1) is 0 Å². The molecule has 0 aromatic carbocycles. The lowest BCUT2D eigenvalue weighted by molar-refractivity contribution is -0.148. The van der Waals surface area contributed by atoms with Crippen LogP contribution in [0, 0.1) is 0 Å². The van der Waals surface area contributed by atoms with E-state index in [4.69, 9.17) is 14.3 Å². The van der Waals surface area contributed by atoms with Crippen LogP contribution >= 0.6 is 0 Å². The molecule has 0 aromatic heterocycles. The number of hydrogen-bond acceptors (Lipinski definition) is 5. The largest absolute Gasteiger partial charge is 0.464 e. The van der Waals surface area contributed by atoms with Crippen molar-refractivity contribution in [3.8, 4) is 0 Å². The van der Waals surface area contributed by atoms with Gasteiger partial charge in [0.15, 0.2) is 0 Å². The highest BCUT2D eigenvalue weighted by Crippen LogP contribution is 2.20. The Bertz CT molecular complexity index is 336. The third-order valence-electron chi connectivity index (χ3n) is 2.85. The van der Waals surface area contributed by atoms with Crippen molar-refractivity contribution in [1.29, 1.82) is 0 Å². The first-order valence-electron chi connectivity index (χ1n) is 6.80. The first-order chi connectivity index (χ1) is 9.27. The number of allylic oxidation sites excluding steroid dienone is 2. The molecule has 0 unspecified atom stereocenters. The van der Waals surface area contributed by atoms with Gasteiger partial charge >= 0.3 is 5.97 Å². The Morgan fingerprint density at radius 2 is 2.26 bits per heavy atom. The summed E-state index contributed by atoms with van der Waals surface area (Å²) in [6, 6.07) is 0. The van der Waals surface area contributed by atoms with E-state index in [1.54, 1.807) is 14.0 Å². The van der Waals surface area contributed by atoms with E-state index in [2.05, 4.69) is 11.2 Å². The summed E-state index contributed by atoms with van der Waals surface area (Å²) >= 11 is 0. The summed E-state index contributed by atoms with van der Waals surface area (Å²) in [5.41, 5.74) is 2.35. The van der Waals surface area contributed by atoms with Crippen molar-refractivity contribution in [2.24, 2.45) is 5.16 Å². The Morgan fingerprint density at radius 3 is 3.00 bits per heavy atom. The van der Waals surface area contributed by atoms with Gasteiger partial charge in [-0.2, -0.15) is 0 Å². The zero-order valence-corrected chi connectivity index (χ0v) is 11.8. The second-order valence-electron chi connectivity index (χ2n) is 4.30. The summed E-state index contributed by atoms with van der Waals surface area (Å²) in [5.74, 6) is -0.296. The van der Waals surface area contributed by atoms with Gasteiger partial charge in [-0.1, -0.05) is 11.2 Å². The van der Waals surface area contributed by atoms with Crippen molar-refractivity contribution in [2.45, 2.75) is 39.0 Å². The van der Waals surface area contributed by atoms with Gasteiger partial charge in [0.1, 0.15) is 13.7 Å². The van der Waals surface area contributed by atoms with Crippen molar-refractivity contribution >= 4 is 11.7 Å². The number of carbonyl (C=O) groups is 1. The number of rotatable bonds is 9. The molecule has 0 aromatic rings. The summed E-state index contributed by atoms with van der Waals surface area (Å²) in [5, 5.41) is 4.02. The number of oxime groups is 1. The van der Waals surface area contributed by atoms with Crippen LogP contribution in [0.3, 0.4) is 0 Å². The zero-order chi connectivity index (χ0) is 13.9. The van der Waals surface area contributed by atoms with Crippen molar-refractivity contribution in [3.63, 3.8) is 0 Å². The molecule has 1 aliphatic rings. The lowest BCUT2D eigenvalue weighted by Crippen LogP contribution is -2.12. The van der Waals surface area contributed by atoms with Gasteiger partial charge in [0.25, 0.3) is 0 Å². The van der Waals surface area contributed by atoms with Gasteiger partial charge in [0.05, 0.1) is 12.3 Å². The van der Waals surface area contributed by atoms with Gasteiger partial charge < -0.3 is 14.3 Å². The number of esters is 1. The van der Waals surface area contributed by atoms with Crippen molar-refractivity contribution in [2.75, 3.05) is 26.9 Å². The lowest BCUT2D eigenvalue weighted by Gasteiger charge is -2.05. The van der Waals surface area contributed by atoms with Gasteiger partial charge in [-0.25, -0.2) is 4.79 Å². The van der Waals surface area contributed by atoms with E-state index in [0.717, 1.165) is 37.8 Å². The lowest BCUT2D eigenvalue weighted by atomic mass is 10.1. The minimum absolute atomic E-state index is 0.0485. The number of unbranched alkanes of at least 4 members (excludes halogenated alkanes) is 1. The molecule has 0 radical (unpaired) electrons. The highest BCUT2D eigenvalue weighted by molar-refractivity contribution is 6.01. The number of ether oxygens (including phenoxy) is 2. The summed E-state index contributed by atoms with van der Waals surface area (Å²) in [4.78, 5) is 15.8. The molecular formula is C14H23NO4. The molecule has 0 N–H and O–H groups in total. The monoisotopic (exact) mass is 269 g/mol. The first kappa shape index (κ1) is 15.7. The van der Waals surface area contributed by atoms with Crippen LogP contribution in [0.4, 0.5) is 0 Å². The maximum atomic E-state index is 11.0. The normalized spacial score (nSPS) is 16.5. The molecular weight excluding hydrogens is 246 g/mol. The quantitative estimate of drug-likeness (QED) is 0.366. The van der Waals surface area contributed by atoms with Gasteiger partial charge in [0, 0.05) is 6.61 Å². The molecule has 0 amide bonds. The molecule has 0 saturated heterocycles. The Labute approximate surface area is 114 Å². The molecule has 5 nitrogen and oxygen atoms in total. The van der Waals surface area contributed by atoms with Crippen molar-refractivity contribution < 1.29 is 19.1 Å². The van der Waals surface area contributed by atoms with Crippen molar-refractivity contribution in [3.05, 3.63) is 11.6 Å². The fourth-order valence-electron chi connectivity index (χ4n) is 2.00. The molecule has 0 spiro atoms. The molecule has 0 bridgehead atoms. The van der Waals surface area contributed by atoms with Gasteiger partial charge in [-0.05, 0) is 44.6 Å². The molecule has 0 saturated carbocycles. The predicted molar refractivity (Wildman–Crippen MR) is 73.1 cm³/mol. The summed E-state index contributed by atoms with van der Waals surface area (Å²) in [6.45, 7) is 2.82. The predicted octanol–water partition coefficient (Wildman–Crippen LogP) is 2.46. The van der Waals surface area contributed by atoms with Crippen LogP contribution in [0.15, 0.2) is 16.8 Å². The SMILES string of the molecule is CCOC(=O)COCCCCC1=CCCC1=NOC. The fourth-order valence-corrected chi connectivity index (χ4v) is 2.00. The van der Waals surface area contributed by atoms with Gasteiger partial charge in [-0.3, -0.25) is 0 Å². The highest BCUT2D eigenvalue weighted by atomic mass is 16.6. The molecule has 5 heteroatoms. The first-order valence-corrected chi connectivity index (χ1v) is 6.80. The smallest absolute Gasteiger partial charge is 0.332 e. The number of nitrogens with zero attached hydrogens (tertiary/aromatic N) is 1. The Morgan fingerprint density at radius 1 is 1.42 bits per heavy atom.